The van der Waals surface area contributed by atoms with Crippen molar-refractivity contribution in [1.82, 2.24) is 9.71 Å². The van der Waals surface area contributed by atoms with E-state index in [1.807, 2.05) is 12.1 Å². The van der Waals surface area contributed by atoms with Crippen LogP contribution in [-0.2, 0) is 10.0 Å². The predicted molar refractivity (Wildman–Crippen MR) is 81.2 cm³/mol. The number of benzene rings is 1. The molecule has 0 atom stereocenters. The van der Waals surface area contributed by atoms with E-state index in [1.54, 1.807) is 18.3 Å². The third-order valence-corrected chi connectivity index (χ3v) is 4.50. The molecule has 0 saturated heterocycles. The third-order valence-electron chi connectivity index (χ3n) is 3.21. The molecule has 0 aliphatic heterocycles. The smallest absolute Gasteiger partial charge is 0.273 e. The largest absolute Gasteiger partial charge is 0.451 e. The van der Waals surface area contributed by atoms with Crippen LogP contribution in [0.15, 0.2) is 52.3 Å². The molecule has 1 amide bonds. The van der Waals surface area contributed by atoms with E-state index in [0.29, 0.717) is 5.69 Å². The van der Waals surface area contributed by atoms with Crippen LogP contribution in [0.4, 0.5) is 5.69 Å². The summed E-state index contributed by atoms with van der Waals surface area (Å²) in [6.07, 6.45) is 2.88. The highest BCUT2D eigenvalue weighted by molar-refractivity contribution is 7.89. The summed E-state index contributed by atoms with van der Waals surface area (Å²) in [5, 5.41) is 3.29. The lowest BCUT2D eigenvalue weighted by atomic mass is 10.2. The molecule has 114 valence electrons. The lowest BCUT2D eigenvalue weighted by molar-refractivity contribution is 0.102. The zero-order chi connectivity index (χ0) is 15.7. The van der Waals surface area contributed by atoms with Crippen LogP contribution in [0.3, 0.4) is 0 Å². The van der Waals surface area contributed by atoms with Gasteiger partial charge in [0.05, 0.1) is 11.3 Å². The van der Waals surface area contributed by atoms with Crippen LogP contribution in [0.1, 0.15) is 10.4 Å². The number of amides is 1. The molecule has 0 unspecified atom stereocenters. The minimum Gasteiger partial charge on any atom is -0.451 e. The molecule has 7 nitrogen and oxygen atoms in total. The van der Waals surface area contributed by atoms with Crippen LogP contribution < -0.4 is 10.0 Å². The molecular weight excluding hydrogens is 306 g/mol. The van der Waals surface area contributed by atoms with Gasteiger partial charge in [-0.05, 0) is 25.2 Å². The van der Waals surface area contributed by atoms with E-state index in [1.165, 1.54) is 13.1 Å². The van der Waals surface area contributed by atoms with Gasteiger partial charge in [-0.25, -0.2) is 13.1 Å². The number of aromatic nitrogens is 1. The number of carbonyl (C=O) groups is 1. The molecule has 0 aliphatic carbocycles. The lowest BCUT2D eigenvalue weighted by Crippen LogP contribution is -2.18. The number of rotatable bonds is 4. The second kappa shape index (κ2) is 5.32. The molecule has 3 aromatic rings. The molecule has 0 aliphatic rings. The maximum absolute atomic E-state index is 12.2. The van der Waals surface area contributed by atoms with E-state index in [9.17, 15) is 13.2 Å². The van der Waals surface area contributed by atoms with Crippen LogP contribution in [0.5, 0.6) is 0 Å². The van der Waals surface area contributed by atoms with Gasteiger partial charge in [0, 0.05) is 23.2 Å². The van der Waals surface area contributed by atoms with Gasteiger partial charge in [-0.15, -0.1) is 0 Å². The average Bonchev–Trinajstić information content (AvgIpc) is 3.17. The highest BCUT2D eigenvalue weighted by Crippen LogP contribution is 2.23. The van der Waals surface area contributed by atoms with Crippen molar-refractivity contribution >= 4 is 32.5 Å². The summed E-state index contributed by atoms with van der Waals surface area (Å²) in [7, 11) is -2.44. The molecule has 0 spiro atoms. The van der Waals surface area contributed by atoms with Crippen LogP contribution in [0.2, 0.25) is 0 Å². The van der Waals surface area contributed by atoms with Crippen molar-refractivity contribution in [3.63, 3.8) is 0 Å². The van der Waals surface area contributed by atoms with E-state index < -0.39 is 15.9 Å². The normalized spacial score (nSPS) is 11.7. The van der Waals surface area contributed by atoms with Gasteiger partial charge in [0.25, 0.3) is 15.9 Å². The van der Waals surface area contributed by atoms with Gasteiger partial charge < -0.3 is 14.7 Å². The summed E-state index contributed by atoms with van der Waals surface area (Å²) in [5.41, 5.74) is 1.65. The Hall–Kier alpha value is -2.58. The summed E-state index contributed by atoms with van der Waals surface area (Å²) in [6, 6.07) is 8.48. The first-order chi connectivity index (χ1) is 10.5. The monoisotopic (exact) mass is 319 g/mol. The molecule has 8 heteroatoms. The molecule has 2 aromatic heterocycles. The second-order valence-electron chi connectivity index (χ2n) is 4.56. The number of hydrogen-bond acceptors (Lipinski definition) is 4. The van der Waals surface area contributed by atoms with Crippen molar-refractivity contribution < 1.29 is 17.6 Å². The van der Waals surface area contributed by atoms with Crippen LogP contribution in [0, 0.1) is 0 Å². The molecule has 3 rings (SSSR count). The van der Waals surface area contributed by atoms with Crippen molar-refractivity contribution in [2.75, 3.05) is 12.4 Å². The summed E-state index contributed by atoms with van der Waals surface area (Å²) in [6.45, 7) is 0. The summed E-state index contributed by atoms with van der Waals surface area (Å²) in [4.78, 5) is 15.3. The molecule has 0 saturated carbocycles. The Morgan fingerprint density at radius 3 is 2.86 bits per heavy atom. The summed E-state index contributed by atoms with van der Waals surface area (Å²) in [5.74, 6) is -0.449. The van der Waals surface area contributed by atoms with Gasteiger partial charge in [-0.1, -0.05) is 6.07 Å². The minimum atomic E-state index is -3.71. The fourth-order valence-corrected chi connectivity index (χ4v) is 2.72. The maximum Gasteiger partial charge on any atom is 0.273 e. The number of carbonyl (C=O) groups excluding carboxylic acids is 1. The molecular formula is C14H13N3O4S. The van der Waals surface area contributed by atoms with Gasteiger partial charge >= 0.3 is 0 Å². The Kier molecular flexibility index (Phi) is 3.47. The topological polar surface area (TPSA) is 104 Å². The number of anilines is 1. The quantitative estimate of drug-likeness (QED) is 0.683. The van der Waals surface area contributed by atoms with Crippen LogP contribution in [-0.4, -0.2) is 26.4 Å². The highest BCUT2D eigenvalue weighted by Gasteiger charge is 2.19. The van der Waals surface area contributed by atoms with Crippen LogP contribution in [0.25, 0.3) is 10.9 Å². The molecule has 0 radical (unpaired) electrons. The van der Waals surface area contributed by atoms with Crippen molar-refractivity contribution in [2.24, 2.45) is 0 Å². The van der Waals surface area contributed by atoms with Gasteiger partial charge in [0.15, 0.2) is 0 Å². The molecule has 0 fully saturated rings. The van der Waals surface area contributed by atoms with Crippen LogP contribution >= 0.6 is 0 Å². The number of nitrogens with one attached hydrogen (secondary N) is 3. The number of furan rings is 1. The Balaban J connectivity index is 1.88. The molecule has 2 heterocycles. The van der Waals surface area contributed by atoms with Gasteiger partial charge in [0.1, 0.15) is 6.26 Å². The zero-order valence-corrected chi connectivity index (χ0v) is 12.4. The Bertz CT molecular complexity index is 940. The third kappa shape index (κ3) is 2.49. The Morgan fingerprint density at radius 2 is 2.09 bits per heavy atom. The van der Waals surface area contributed by atoms with Gasteiger partial charge in [-0.3, -0.25) is 4.79 Å². The van der Waals surface area contributed by atoms with E-state index in [4.69, 9.17) is 4.42 Å². The summed E-state index contributed by atoms with van der Waals surface area (Å²) < 4.78 is 30.2. The number of aromatic amines is 1. The van der Waals surface area contributed by atoms with Gasteiger partial charge in [0.2, 0.25) is 5.09 Å². The SMILES string of the molecule is CNS(=O)(=O)c1cc(C(=O)Nc2cccc3[nH]ccc23)co1. The molecule has 3 N–H and O–H groups in total. The predicted octanol–water partition coefficient (Wildman–Crippen LogP) is 1.92. The van der Waals surface area contributed by atoms with E-state index in [-0.39, 0.29) is 10.7 Å². The minimum absolute atomic E-state index is 0.126. The number of sulfonamides is 1. The maximum atomic E-state index is 12.2. The first-order valence-electron chi connectivity index (χ1n) is 6.41. The standard InChI is InChI=1S/C14H13N3O4S/c1-15-22(19,20)13-7-9(8-21-13)14(18)17-12-4-2-3-11-10(12)5-6-16-11/h2-8,15-16H,1H3,(H,17,18). The van der Waals surface area contributed by atoms with Crippen molar-refractivity contribution in [2.45, 2.75) is 5.09 Å². The van der Waals surface area contributed by atoms with Crippen molar-refractivity contribution in [1.29, 1.82) is 0 Å². The first kappa shape index (κ1) is 14.4. The first-order valence-corrected chi connectivity index (χ1v) is 7.89. The summed E-state index contributed by atoms with van der Waals surface area (Å²) >= 11 is 0. The average molecular weight is 319 g/mol. The van der Waals surface area contributed by atoms with E-state index in [2.05, 4.69) is 15.0 Å². The second-order valence-corrected chi connectivity index (χ2v) is 6.38. The fraction of sp³-hybridized carbons (Fsp3) is 0.0714. The molecule has 0 bridgehead atoms. The highest BCUT2D eigenvalue weighted by atomic mass is 32.2. The fourth-order valence-electron chi connectivity index (χ4n) is 2.07. The Morgan fingerprint density at radius 1 is 1.27 bits per heavy atom. The molecule has 22 heavy (non-hydrogen) atoms. The van der Waals surface area contributed by atoms with Gasteiger partial charge in [-0.2, -0.15) is 0 Å². The van der Waals surface area contributed by atoms with Crippen molar-refractivity contribution in [3.8, 4) is 0 Å². The van der Waals surface area contributed by atoms with Crippen molar-refractivity contribution in [3.05, 3.63) is 48.4 Å². The van der Waals surface area contributed by atoms with E-state index in [0.717, 1.165) is 17.2 Å². The number of H-pyrrole nitrogens is 1. The molecule has 1 aromatic carbocycles. The van der Waals surface area contributed by atoms with E-state index >= 15 is 0 Å². The Labute approximate surface area is 126 Å². The number of hydrogen-bond donors (Lipinski definition) is 3. The zero-order valence-electron chi connectivity index (χ0n) is 11.6. The number of fused-ring (bicyclic) bond motifs is 1. The lowest BCUT2D eigenvalue weighted by Gasteiger charge is -2.04.